The highest BCUT2D eigenvalue weighted by Gasteiger charge is 2.16. The van der Waals surface area contributed by atoms with Crippen molar-refractivity contribution in [3.05, 3.63) is 59.4 Å². The van der Waals surface area contributed by atoms with Crippen molar-refractivity contribution in [1.82, 2.24) is 9.55 Å². The van der Waals surface area contributed by atoms with Crippen molar-refractivity contribution < 1.29 is 9.84 Å². The Morgan fingerprint density at radius 3 is 2.75 bits per heavy atom. The van der Waals surface area contributed by atoms with Crippen molar-refractivity contribution in [1.29, 1.82) is 0 Å². The molecule has 1 heterocycles. The number of fused-ring (bicyclic) bond motifs is 1. The maximum Gasteiger partial charge on any atom is 0.138 e. The smallest absolute Gasteiger partial charge is 0.138 e. The highest BCUT2D eigenvalue weighted by Crippen LogP contribution is 2.23. The first-order valence-corrected chi connectivity index (χ1v) is 8.43. The fourth-order valence-electron chi connectivity index (χ4n) is 2.88. The highest BCUT2D eigenvalue weighted by molar-refractivity contribution is 5.76. The van der Waals surface area contributed by atoms with Crippen LogP contribution in [0.4, 0.5) is 0 Å². The van der Waals surface area contributed by atoms with Gasteiger partial charge in [-0.25, -0.2) is 4.98 Å². The summed E-state index contributed by atoms with van der Waals surface area (Å²) in [6, 6.07) is 14.2. The van der Waals surface area contributed by atoms with Crippen LogP contribution >= 0.6 is 0 Å². The van der Waals surface area contributed by atoms with Crippen molar-refractivity contribution in [3.63, 3.8) is 0 Å². The summed E-state index contributed by atoms with van der Waals surface area (Å²) in [5.74, 6) is 1.63. The molecule has 1 N–H and O–H groups in total. The average molecular weight is 324 g/mol. The van der Waals surface area contributed by atoms with E-state index in [0.29, 0.717) is 25.4 Å². The number of aliphatic hydroxyl groups excluding tert-OH is 1. The lowest BCUT2D eigenvalue weighted by atomic mass is 10.1. The summed E-state index contributed by atoms with van der Waals surface area (Å²) >= 11 is 0. The molecular weight excluding hydrogens is 300 g/mol. The summed E-state index contributed by atoms with van der Waals surface area (Å²) in [6.07, 6.45) is 0.0827. The van der Waals surface area contributed by atoms with E-state index in [1.54, 1.807) is 0 Å². The third-order valence-electron chi connectivity index (χ3n) is 4.28. The van der Waals surface area contributed by atoms with Crippen LogP contribution in [0.1, 0.15) is 36.4 Å². The van der Waals surface area contributed by atoms with Crippen LogP contribution in [0, 0.1) is 13.8 Å². The summed E-state index contributed by atoms with van der Waals surface area (Å²) in [7, 11) is 0. The number of para-hydroxylation sites is 2. The molecule has 3 aromatic rings. The predicted octanol–water partition coefficient (Wildman–Crippen LogP) is 4.18. The SMILES string of the molecule is CCC(O)c1nc2ccccc2n1CCOc1cc(C)ccc1C. The first-order valence-electron chi connectivity index (χ1n) is 8.43. The largest absolute Gasteiger partial charge is 0.491 e. The maximum absolute atomic E-state index is 10.3. The number of rotatable bonds is 6. The van der Waals surface area contributed by atoms with Crippen molar-refractivity contribution in [2.45, 2.75) is 39.8 Å². The van der Waals surface area contributed by atoms with Gasteiger partial charge in [0.15, 0.2) is 0 Å². The van der Waals surface area contributed by atoms with E-state index in [-0.39, 0.29) is 0 Å². The van der Waals surface area contributed by atoms with Gasteiger partial charge in [0.25, 0.3) is 0 Å². The van der Waals surface area contributed by atoms with Crippen LogP contribution in [-0.4, -0.2) is 21.3 Å². The summed E-state index contributed by atoms with van der Waals surface area (Å²) in [5, 5.41) is 10.3. The Balaban J connectivity index is 1.82. The maximum atomic E-state index is 10.3. The third-order valence-corrected chi connectivity index (χ3v) is 4.28. The van der Waals surface area contributed by atoms with Crippen LogP contribution in [0.2, 0.25) is 0 Å². The Labute approximate surface area is 142 Å². The van der Waals surface area contributed by atoms with Crippen molar-refractivity contribution in [3.8, 4) is 5.75 Å². The van der Waals surface area contributed by atoms with Crippen molar-refractivity contribution >= 4 is 11.0 Å². The fraction of sp³-hybridized carbons (Fsp3) is 0.350. The standard InChI is InChI=1S/C20H24N2O2/c1-4-18(23)20-21-16-7-5-6-8-17(16)22(20)11-12-24-19-13-14(2)9-10-15(19)3/h5-10,13,18,23H,4,11-12H2,1-3H3. The number of hydrogen-bond acceptors (Lipinski definition) is 3. The molecule has 0 saturated carbocycles. The van der Waals surface area contributed by atoms with E-state index in [1.165, 1.54) is 5.56 Å². The van der Waals surface area contributed by atoms with Crippen LogP contribution in [-0.2, 0) is 6.54 Å². The summed E-state index contributed by atoms with van der Waals surface area (Å²) in [4.78, 5) is 4.60. The van der Waals surface area contributed by atoms with E-state index in [2.05, 4.69) is 34.7 Å². The van der Waals surface area contributed by atoms with E-state index >= 15 is 0 Å². The molecule has 0 bridgehead atoms. The third kappa shape index (κ3) is 3.29. The van der Waals surface area contributed by atoms with E-state index in [9.17, 15) is 5.11 Å². The Morgan fingerprint density at radius 1 is 1.17 bits per heavy atom. The highest BCUT2D eigenvalue weighted by atomic mass is 16.5. The zero-order valence-corrected chi connectivity index (χ0v) is 14.5. The molecule has 24 heavy (non-hydrogen) atoms. The minimum absolute atomic E-state index is 0.536. The van der Waals surface area contributed by atoms with Crippen LogP contribution in [0.3, 0.4) is 0 Å². The molecule has 2 aromatic carbocycles. The average Bonchev–Trinajstić information content (AvgIpc) is 2.96. The van der Waals surface area contributed by atoms with E-state index in [4.69, 9.17) is 4.74 Å². The number of nitrogens with zero attached hydrogens (tertiary/aromatic N) is 2. The first kappa shape index (κ1) is 16.5. The second kappa shape index (κ2) is 7.05. The van der Waals surface area contributed by atoms with Gasteiger partial charge in [-0.3, -0.25) is 0 Å². The molecule has 1 atom stereocenters. The molecule has 0 saturated heterocycles. The van der Waals surface area contributed by atoms with Gasteiger partial charge in [0, 0.05) is 0 Å². The number of benzene rings is 2. The van der Waals surface area contributed by atoms with Gasteiger partial charge in [-0.1, -0.05) is 31.2 Å². The van der Waals surface area contributed by atoms with Crippen LogP contribution in [0.5, 0.6) is 5.75 Å². The molecule has 1 unspecified atom stereocenters. The molecule has 0 spiro atoms. The van der Waals surface area contributed by atoms with E-state index in [0.717, 1.165) is 22.3 Å². The first-order chi connectivity index (χ1) is 11.6. The van der Waals surface area contributed by atoms with Crippen molar-refractivity contribution in [2.24, 2.45) is 0 Å². The Morgan fingerprint density at radius 2 is 1.96 bits per heavy atom. The van der Waals surface area contributed by atoms with Crippen LogP contribution in [0.25, 0.3) is 11.0 Å². The number of aryl methyl sites for hydroxylation is 2. The fourth-order valence-corrected chi connectivity index (χ4v) is 2.88. The quantitative estimate of drug-likeness (QED) is 0.740. The zero-order valence-electron chi connectivity index (χ0n) is 14.5. The Bertz CT molecular complexity index is 839. The van der Waals surface area contributed by atoms with Crippen LogP contribution < -0.4 is 4.74 Å². The molecule has 0 aliphatic heterocycles. The summed E-state index contributed by atoms with van der Waals surface area (Å²) in [5.41, 5.74) is 4.26. The van der Waals surface area contributed by atoms with Crippen LogP contribution in [0.15, 0.2) is 42.5 Å². The number of ether oxygens (including phenoxy) is 1. The zero-order chi connectivity index (χ0) is 17.1. The van der Waals surface area contributed by atoms with Gasteiger partial charge >= 0.3 is 0 Å². The molecule has 0 aliphatic rings. The van der Waals surface area contributed by atoms with Crippen molar-refractivity contribution in [2.75, 3.05) is 6.61 Å². The summed E-state index contributed by atoms with van der Waals surface area (Å²) < 4.78 is 8.04. The molecule has 3 rings (SSSR count). The van der Waals surface area contributed by atoms with Gasteiger partial charge in [-0.15, -0.1) is 0 Å². The molecule has 126 valence electrons. The lowest BCUT2D eigenvalue weighted by Crippen LogP contribution is -2.14. The Kier molecular flexibility index (Phi) is 4.86. The molecule has 0 fully saturated rings. The monoisotopic (exact) mass is 324 g/mol. The molecule has 4 nitrogen and oxygen atoms in total. The molecule has 0 aliphatic carbocycles. The van der Waals surface area contributed by atoms with Gasteiger partial charge in [-0.2, -0.15) is 0 Å². The topological polar surface area (TPSA) is 47.3 Å². The molecule has 0 radical (unpaired) electrons. The second-order valence-corrected chi connectivity index (χ2v) is 6.15. The molecule has 4 heteroatoms. The number of aromatic nitrogens is 2. The summed E-state index contributed by atoms with van der Waals surface area (Å²) in [6.45, 7) is 7.26. The van der Waals surface area contributed by atoms with Gasteiger partial charge in [0.2, 0.25) is 0 Å². The van der Waals surface area contributed by atoms with Gasteiger partial charge in [0.1, 0.15) is 24.3 Å². The molecule has 0 amide bonds. The molecule has 1 aromatic heterocycles. The van der Waals surface area contributed by atoms with Gasteiger partial charge < -0.3 is 14.4 Å². The predicted molar refractivity (Wildman–Crippen MR) is 96.4 cm³/mol. The number of imidazole rings is 1. The van der Waals surface area contributed by atoms with Gasteiger partial charge in [-0.05, 0) is 49.6 Å². The van der Waals surface area contributed by atoms with E-state index < -0.39 is 6.10 Å². The molecular formula is C20H24N2O2. The minimum atomic E-state index is -0.557. The normalized spacial score (nSPS) is 12.5. The lowest BCUT2D eigenvalue weighted by Gasteiger charge is -2.14. The Hall–Kier alpha value is -2.33. The van der Waals surface area contributed by atoms with E-state index in [1.807, 2.05) is 38.1 Å². The second-order valence-electron chi connectivity index (χ2n) is 6.15. The lowest BCUT2D eigenvalue weighted by molar-refractivity contribution is 0.157. The number of aliphatic hydroxyl groups is 1. The number of hydrogen-bond donors (Lipinski definition) is 1. The minimum Gasteiger partial charge on any atom is -0.491 e. The van der Waals surface area contributed by atoms with Gasteiger partial charge in [0.05, 0.1) is 17.6 Å².